The van der Waals surface area contributed by atoms with Gasteiger partial charge in [-0.25, -0.2) is 0 Å². The van der Waals surface area contributed by atoms with E-state index in [2.05, 4.69) is 23.4 Å². The molecule has 3 N–H and O–H groups in total. The highest BCUT2D eigenvalue weighted by atomic mass is 16.1. The Morgan fingerprint density at radius 1 is 1.30 bits per heavy atom. The highest BCUT2D eigenvalue weighted by molar-refractivity contribution is 5.96. The van der Waals surface area contributed by atoms with Gasteiger partial charge in [-0.05, 0) is 24.5 Å². The number of nitrogens with zero attached hydrogens (tertiary/aromatic N) is 2. The van der Waals surface area contributed by atoms with Gasteiger partial charge in [0.05, 0.1) is 5.69 Å². The number of carbonyl (C=O) groups is 1. The molecule has 1 amide bonds. The monoisotopic (exact) mass is 272 g/mol. The first kappa shape index (κ1) is 14.1. The van der Waals surface area contributed by atoms with Gasteiger partial charge in [-0.2, -0.15) is 5.10 Å². The Labute approximate surface area is 118 Å². The zero-order valence-corrected chi connectivity index (χ0v) is 11.9. The van der Waals surface area contributed by atoms with Gasteiger partial charge in [0.15, 0.2) is 5.69 Å². The average molecular weight is 272 g/mol. The Kier molecular flexibility index (Phi) is 4.40. The van der Waals surface area contributed by atoms with Crippen molar-refractivity contribution >= 4 is 11.6 Å². The summed E-state index contributed by atoms with van der Waals surface area (Å²) in [7, 11) is 0. The van der Waals surface area contributed by atoms with Crippen LogP contribution in [0.5, 0.6) is 0 Å². The quantitative estimate of drug-likeness (QED) is 0.874. The molecule has 2 rings (SSSR count). The third-order valence-corrected chi connectivity index (χ3v) is 3.27. The highest BCUT2D eigenvalue weighted by Gasteiger charge is 2.14. The molecule has 0 unspecified atom stereocenters. The summed E-state index contributed by atoms with van der Waals surface area (Å²) in [6.45, 7) is 5.23. The van der Waals surface area contributed by atoms with Gasteiger partial charge in [-0.1, -0.05) is 31.2 Å². The molecule has 0 radical (unpaired) electrons. The van der Waals surface area contributed by atoms with Gasteiger partial charge in [-0.15, -0.1) is 0 Å². The smallest absolute Gasteiger partial charge is 0.274 e. The number of aromatic nitrogens is 2. The maximum atomic E-state index is 12.1. The van der Waals surface area contributed by atoms with Crippen LogP contribution in [0.2, 0.25) is 0 Å². The van der Waals surface area contributed by atoms with Crippen LogP contribution in [0.25, 0.3) is 0 Å². The molecule has 0 saturated heterocycles. The number of hydrogen-bond acceptors (Lipinski definition) is 3. The zero-order chi connectivity index (χ0) is 14.5. The lowest BCUT2D eigenvalue weighted by Crippen LogP contribution is -2.24. The third-order valence-electron chi connectivity index (χ3n) is 3.27. The van der Waals surface area contributed by atoms with E-state index >= 15 is 0 Å². The first-order valence-corrected chi connectivity index (χ1v) is 6.83. The van der Waals surface area contributed by atoms with Crippen molar-refractivity contribution in [1.82, 2.24) is 15.1 Å². The molecule has 0 aliphatic rings. The van der Waals surface area contributed by atoms with E-state index in [0.29, 0.717) is 24.5 Å². The van der Waals surface area contributed by atoms with Crippen LogP contribution in [-0.2, 0) is 19.5 Å². The molecule has 5 nitrogen and oxygen atoms in total. The Balaban J connectivity index is 2.06. The lowest BCUT2D eigenvalue weighted by molar-refractivity contribution is 0.0946. The van der Waals surface area contributed by atoms with E-state index in [4.69, 9.17) is 5.73 Å². The normalized spacial score (nSPS) is 10.5. The minimum Gasteiger partial charge on any atom is -0.396 e. The number of nitrogens with two attached hydrogens (primary N) is 1. The fourth-order valence-corrected chi connectivity index (χ4v) is 2.11. The van der Waals surface area contributed by atoms with Crippen molar-refractivity contribution in [1.29, 1.82) is 0 Å². The van der Waals surface area contributed by atoms with Gasteiger partial charge in [0.1, 0.15) is 0 Å². The van der Waals surface area contributed by atoms with Crippen LogP contribution in [0, 0.1) is 0 Å². The number of nitrogen functional groups attached to an aromatic ring is 1. The minimum atomic E-state index is -0.236. The molecule has 0 spiro atoms. The largest absolute Gasteiger partial charge is 0.396 e. The lowest BCUT2D eigenvalue weighted by Gasteiger charge is -2.08. The molecule has 20 heavy (non-hydrogen) atoms. The summed E-state index contributed by atoms with van der Waals surface area (Å²) in [4.78, 5) is 12.1. The lowest BCUT2D eigenvalue weighted by atomic mass is 10.1. The standard InChI is InChI=1S/C15H20N4O/c1-3-11-7-5-6-8-12(11)9-17-15(20)14-13(16)10-19(4-2)18-14/h5-8,10H,3-4,9,16H2,1-2H3,(H,17,20). The van der Waals surface area contributed by atoms with Crippen LogP contribution in [0.3, 0.4) is 0 Å². The van der Waals surface area contributed by atoms with Crippen molar-refractivity contribution in [2.45, 2.75) is 33.4 Å². The van der Waals surface area contributed by atoms with Gasteiger partial charge >= 0.3 is 0 Å². The van der Waals surface area contributed by atoms with E-state index in [0.717, 1.165) is 12.0 Å². The fourth-order valence-electron chi connectivity index (χ4n) is 2.11. The Bertz CT molecular complexity index is 604. The second kappa shape index (κ2) is 6.23. The summed E-state index contributed by atoms with van der Waals surface area (Å²) in [6, 6.07) is 8.07. The molecule has 1 heterocycles. The van der Waals surface area contributed by atoms with Gasteiger partial charge in [0.2, 0.25) is 0 Å². The fraction of sp³-hybridized carbons (Fsp3) is 0.333. The van der Waals surface area contributed by atoms with Gasteiger partial charge in [0, 0.05) is 19.3 Å². The number of aryl methyl sites for hydroxylation is 2. The first-order chi connectivity index (χ1) is 9.65. The van der Waals surface area contributed by atoms with Crippen molar-refractivity contribution in [3.63, 3.8) is 0 Å². The van der Waals surface area contributed by atoms with Crippen LogP contribution in [0.1, 0.15) is 35.5 Å². The number of hydrogen-bond donors (Lipinski definition) is 2. The number of carbonyl (C=O) groups excluding carboxylic acids is 1. The molecular weight excluding hydrogens is 252 g/mol. The van der Waals surface area contributed by atoms with E-state index in [1.807, 2.05) is 25.1 Å². The van der Waals surface area contributed by atoms with E-state index in [9.17, 15) is 4.79 Å². The summed E-state index contributed by atoms with van der Waals surface area (Å²) >= 11 is 0. The van der Waals surface area contributed by atoms with Crippen LogP contribution in [0.15, 0.2) is 30.5 Å². The van der Waals surface area contributed by atoms with E-state index < -0.39 is 0 Å². The van der Waals surface area contributed by atoms with E-state index in [1.165, 1.54) is 5.56 Å². The Morgan fingerprint density at radius 3 is 2.60 bits per heavy atom. The van der Waals surface area contributed by atoms with Crippen molar-refractivity contribution in [3.8, 4) is 0 Å². The molecule has 106 valence electrons. The van der Waals surface area contributed by atoms with Crippen LogP contribution in [0.4, 0.5) is 5.69 Å². The SMILES string of the molecule is CCc1ccccc1CNC(=O)c1nn(CC)cc1N. The summed E-state index contributed by atoms with van der Waals surface area (Å²) in [6.07, 6.45) is 2.62. The van der Waals surface area contributed by atoms with Crippen molar-refractivity contribution in [2.24, 2.45) is 0 Å². The summed E-state index contributed by atoms with van der Waals surface area (Å²) < 4.78 is 1.66. The van der Waals surface area contributed by atoms with Gasteiger partial charge < -0.3 is 11.1 Å². The molecule has 0 saturated carbocycles. The molecule has 0 bridgehead atoms. The summed E-state index contributed by atoms with van der Waals surface area (Å²) in [5, 5.41) is 7.04. The Hall–Kier alpha value is -2.30. The predicted molar refractivity (Wildman–Crippen MR) is 79.3 cm³/mol. The number of nitrogens with one attached hydrogen (secondary N) is 1. The van der Waals surface area contributed by atoms with E-state index in [-0.39, 0.29) is 5.91 Å². The average Bonchev–Trinajstić information content (AvgIpc) is 2.86. The van der Waals surface area contributed by atoms with Crippen molar-refractivity contribution in [3.05, 3.63) is 47.3 Å². The molecule has 0 aliphatic heterocycles. The first-order valence-electron chi connectivity index (χ1n) is 6.83. The van der Waals surface area contributed by atoms with E-state index in [1.54, 1.807) is 10.9 Å². The molecule has 1 aromatic heterocycles. The predicted octanol–water partition coefficient (Wildman–Crippen LogP) is 1.98. The number of rotatable bonds is 5. The number of benzene rings is 1. The Morgan fingerprint density at radius 2 is 2.00 bits per heavy atom. The topological polar surface area (TPSA) is 72.9 Å². The van der Waals surface area contributed by atoms with Crippen molar-refractivity contribution < 1.29 is 4.79 Å². The zero-order valence-electron chi connectivity index (χ0n) is 11.9. The van der Waals surface area contributed by atoms with Crippen LogP contribution in [-0.4, -0.2) is 15.7 Å². The second-order valence-corrected chi connectivity index (χ2v) is 4.59. The van der Waals surface area contributed by atoms with Gasteiger partial charge in [-0.3, -0.25) is 9.48 Å². The number of amides is 1. The van der Waals surface area contributed by atoms with Gasteiger partial charge in [0.25, 0.3) is 5.91 Å². The molecule has 0 fully saturated rings. The molecular formula is C15H20N4O. The van der Waals surface area contributed by atoms with Crippen LogP contribution < -0.4 is 11.1 Å². The summed E-state index contributed by atoms with van der Waals surface area (Å²) in [5.74, 6) is -0.236. The highest BCUT2D eigenvalue weighted by Crippen LogP contribution is 2.11. The maximum Gasteiger partial charge on any atom is 0.274 e. The molecule has 0 atom stereocenters. The minimum absolute atomic E-state index is 0.236. The molecule has 5 heteroatoms. The maximum absolute atomic E-state index is 12.1. The van der Waals surface area contributed by atoms with Crippen LogP contribution >= 0.6 is 0 Å². The number of anilines is 1. The molecule has 2 aromatic rings. The molecule has 1 aromatic carbocycles. The van der Waals surface area contributed by atoms with Crippen molar-refractivity contribution in [2.75, 3.05) is 5.73 Å². The second-order valence-electron chi connectivity index (χ2n) is 4.59. The third kappa shape index (κ3) is 2.99. The summed E-state index contributed by atoms with van der Waals surface area (Å²) in [5.41, 5.74) is 8.86. The molecule has 0 aliphatic carbocycles.